The van der Waals surface area contributed by atoms with Gasteiger partial charge >= 0.3 is 5.97 Å². The van der Waals surface area contributed by atoms with E-state index in [-0.39, 0.29) is 18.3 Å². The van der Waals surface area contributed by atoms with Crippen LogP contribution >= 0.6 is 0 Å². The minimum absolute atomic E-state index is 0.186. The van der Waals surface area contributed by atoms with Gasteiger partial charge in [-0.15, -0.1) is 0 Å². The summed E-state index contributed by atoms with van der Waals surface area (Å²) in [4.78, 5) is 27.5. The van der Waals surface area contributed by atoms with Crippen LogP contribution in [0.2, 0.25) is 0 Å². The second kappa shape index (κ2) is 9.93. The van der Waals surface area contributed by atoms with Crippen molar-refractivity contribution in [3.63, 3.8) is 0 Å². The fourth-order valence-corrected chi connectivity index (χ4v) is 6.05. The molecule has 2 heterocycles. The van der Waals surface area contributed by atoms with E-state index >= 15 is 4.39 Å². The van der Waals surface area contributed by atoms with Crippen LogP contribution < -0.4 is 15.0 Å². The highest BCUT2D eigenvalue weighted by Crippen LogP contribution is 2.52. The van der Waals surface area contributed by atoms with Gasteiger partial charge in [-0.25, -0.2) is 9.18 Å². The summed E-state index contributed by atoms with van der Waals surface area (Å²) in [6, 6.07) is 8.68. The Balaban J connectivity index is 1.95. The minimum Gasteiger partial charge on any atom is -0.490 e. The number of fused-ring (bicyclic) bond motifs is 4. The van der Waals surface area contributed by atoms with E-state index in [9.17, 15) is 14.7 Å². The SMILES string of the molecule is CC(=O)N1Cc2cccc(F)c2-c2c(C)c(-c3ccc4c(c3C)NCCO4)c([C@H](OC(C)(C)C)C(=O)O)c(C)c21. The lowest BCUT2D eigenvalue weighted by atomic mass is 9.78. The zero-order chi connectivity index (χ0) is 29.1. The summed E-state index contributed by atoms with van der Waals surface area (Å²) in [6.07, 6.45) is -1.34. The number of ether oxygens (including phenoxy) is 2. The van der Waals surface area contributed by atoms with E-state index < -0.39 is 17.7 Å². The molecule has 0 fully saturated rings. The lowest BCUT2D eigenvalue weighted by Gasteiger charge is -2.37. The molecule has 1 atom stereocenters. The maximum absolute atomic E-state index is 15.6. The number of halogens is 1. The molecule has 0 saturated heterocycles. The number of aliphatic carboxylic acids is 1. The van der Waals surface area contributed by atoms with Gasteiger partial charge in [-0.1, -0.05) is 18.2 Å². The first-order chi connectivity index (χ1) is 18.8. The van der Waals surface area contributed by atoms with E-state index in [1.54, 1.807) is 17.9 Å². The number of carboxylic acid groups (broad SMARTS) is 1. The highest BCUT2D eigenvalue weighted by molar-refractivity contribution is 6.05. The van der Waals surface area contributed by atoms with Crippen LogP contribution in [0.25, 0.3) is 22.3 Å². The number of nitrogens with zero attached hydrogens (tertiary/aromatic N) is 1. The van der Waals surface area contributed by atoms with Gasteiger partial charge in [-0.3, -0.25) is 4.79 Å². The van der Waals surface area contributed by atoms with Gasteiger partial charge in [0.05, 0.1) is 23.5 Å². The first kappa shape index (κ1) is 27.6. The summed E-state index contributed by atoms with van der Waals surface area (Å²) < 4.78 is 27.6. The lowest BCUT2D eigenvalue weighted by Crippen LogP contribution is -2.34. The Morgan fingerprint density at radius 1 is 1.05 bits per heavy atom. The van der Waals surface area contributed by atoms with Gasteiger partial charge in [-0.05, 0) is 87.1 Å². The smallest absolute Gasteiger partial charge is 0.337 e. The summed E-state index contributed by atoms with van der Waals surface area (Å²) in [5.74, 6) is -1.03. The van der Waals surface area contributed by atoms with Crippen molar-refractivity contribution in [1.29, 1.82) is 0 Å². The van der Waals surface area contributed by atoms with E-state index in [2.05, 4.69) is 5.32 Å². The van der Waals surface area contributed by atoms with Crippen molar-refractivity contribution in [2.24, 2.45) is 0 Å². The molecule has 0 aromatic heterocycles. The van der Waals surface area contributed by atoms with E-state index in [4.69, 9.17) is 9.47 Å². The fourth-order valence-electron chi connectivity index (χ4n) is 6.05. The van der Waals surface area contributed by atoms with Gasteiger partial charge in [0.15, 0.2) is 6.10 Å². The van der Waals surface area contributed by atoms with E-state index in [1.807, 2.05) is 52.8 Å². The molecule has 1 amide bonds. The van der Waals surface area contributed by atoms with Crippen molar-refractivity contribution in [2.45, 2.75) is 66.7 Å². The average Bonchev–Trinajstić information content (AvgIpc) is 2.88. The molecule has 5 rings (SSSR count). The van der Waals surface area contributed by atoms with Crippen LogP contribution in [0.5, 0.6) is 5.75 Å². The molecule has 2 N–H and O–H groups in total. The Kier molecular flexibility index (Phi) is 6.86. The number of hydrogen-bond donors (Lipinski definition) is 2. The second-order valence-corrected chi connectivity index (χ2v) is 11.5. The monoisotopic (exact) mass is 546 g/mol. The Bertz CT molecular complexity index is 1560. The fraction of sp³-hybridized carbons (Fsp3) is 0.375. The molecule has 210 valence electrons. The van der Waals surface area contributed by atoms with Crippen molar-refractivity contribution in [3.05, 3.63) is 64.0 Å². The Hall–Kier alpha value is -3.91. The van der Waals surface area contributed by atoms with Gasteiger partial charge in [0, 0.05) is 30.2 Å². The molecule has 3 aromatic rings. The number of anilines is 2. The van der Waals surface area contributed by atoms with Crippen LogP contribution in [0.3, 0.4) is 0 Å². The van der Waals surface area contributed by atoms with Crippen LogP contribution in [0.15, 0.2) is 30.3 Å². The molecule has 2 aliphatic heterocycles. The number of rotatable bonds is 4. The molecule has 0 unspecified atom stereocenters. The van der Waals surface area contributed by atoms with Crippen LogP contribution in [0, 0.1) is 26.6 Å². The Morgan fingerprint density at radius 3 is 2.42 bits per heavy atom. The van der Waals surface area contributed by atoms with Crippen molar-refractivity contribution >= 4 is 23.3 Å². The maximum atomic E-state index is 15.6. The van der Waals surface area contributed by atoms with Crippen LogP contribution in [-0.2, 0) is 20.9 Å². The van der Waals surface area contributed by atoms with Crippen LogP contribution in [-0.4, -0.2) is 35.7 Å². The number of carbonyl (C=O) groups excluding carboxylic acids is 1. The minimum atomic E-state index is -1.34. The largest absolute Gasteiger partial charge is 0.490 e. The molecule has 40 heavy (non-hydrogen) atoms. The predicted molar refractivity (Wildman–Crippen MR) is 154 cm³/mol. The van der Waals surface area contributed by atoms with E-state index in [1.165, 1.54) is 13.0 Å². The first-order valence-corrected chi connectivity index (χ1v) is 13.5. The molecule has 0 radical (unpaired) electrons. The Labute approximate surface area is 233 Å². The molecular formula is C32H35FN2O5. The van der Waals surface area contributed by atoms with Crippen molar-refractivity contribution < 1.29 is 28.6 Å². The molecule has 2 aliphatic rings. The average molecular weight is 547 g/mol. The number of hydrogen-bond acceptors (Lipinski definition) is 5. The molecule has 8 heteroatoms. The van der Waals surface area contributed by atoms with E-state index in [0.29, 0.717) is 57.8 Å². The summed E-state index contributed by atoms with van der Waals surface area (Å²) >= 11 is 0. The summed E-state index contributed by atoms with van der Waals surface area (Å²) in [6.45, 7) is 13.9. The normalized spacial score (nSPS) is 14.8. The van der Waals surface area contributed by atoms with Crippen molar-refractivity contribution in [1.82, 2.24) is 0 Å². The number of carboxylic acids is 1. The first-order valence-electron chi connectivity index (χ1n) is 13.5. The van der Waals surface area contributed by atoms with Gasteiger partial charge in [0.25, 0.3) is 0 Å². The van der Waals surface area contributed by atoms with E-state index in [0.717, 1.165) is 22.6 Å². The lowest BCUT2D eigenvalue weighted by molar-refractivity contribution is -0.160. The van der Waals surface area contributed by atoms with Crippen LogP contribution in [0.4, 0.5) is 15.8 Å². The zero-order valence-corrected chi connectivity index (χ0v) is 24.0. The maximum Gasteiger partial charge on any atom is 0.337 e. The summed E-state index contributed by atoms with van der Waals surface area (Å²) in [7, 11) is 0. The highest BCUT2D eigenvalue weighted by Gasteiger charge is 2.38. The van der Waals surface area contributed by atoms with Gasteiger partial charge in [-0.2, -0.15) is 0 Å². The van der Waals surface area contributed by atoms with Crippen molar-refractivity contribution in [3.8, 4) is 28.0 Å². The second-order valence-electron chi connectivity index (χ2n) is 11.5. The third-order valence-electron chi connectivity index (χ3n) is 7.66. The third kappa shape index (κ3) is 4.50. The summed E-state index contributed by atoms with van der Waals surface area (Å²) in [5, 5.41) is 13.9. The van der Waals surface area contributed by atoms with Crippen molar-refractivity contribution in [2.75, 3.05) is 23.4 Å². The predicted octanol–water partition coefficient (Wildman–Crippen LogP) is 6.70. The topological polar surface area (TPSA) is 88.1 Å². The molecule has 3 aromatic carbocycles. The van der Waals surface area contributed by atoms with Gasteiger partial charge < -0.3 is 24.8 Å². The van der Waals surface area contributed by atoms with Gasteiger partial charge in [0.1, 0.15) is 18.2 Å². The molecule has 0 bridgehead atoms. The highest BCUT2D eigenvalue weighted by atomic mass is 19.1. The number of amides is 1. The standard InChI is InChI=1S/C32H35FN2O5/c1-16-21(11-12-23-28(16)34-13-14-39-23)24-17(2)25-27-20(9-8-10-22(27)33)15-35(19(4)36)29(25)18(3)26(24)30(31(37)38)40-32(5,6)7/h8-12,30,34H,13-15H2,1-7H3,(H,37,38)/t30-/m0/s1. The third-order valence-corrected chi connectivity index (χ3v) is 7.66. The number of carbonyl (C=O) groups is 2. The number of nitrogens with one attached hydrogen (secondary N) is 1. The zero-order valence-electron chi connectivity index (χ0n) is 24.0. The van der Waals surface area contributed by atoms with Gasteiger partial charge in [0.2, 0.25) is 5.91 Å². The Morgan fingerprint density at radius 2 is 1.77 bits per heavy atom. The quantitative estimate of drug-likeness (QED) is 0.379. The van der Waals surface area contributed by atoms with Crippen LogP contribution in [0.1, 0.15) is 61.6 Å². The summed E-state index contributed by atoms with van der Waals surface area (Å²) in [5.41, 5.74) is 6.31. The molecular weight excluding hydrogens is 511 g/mol. The molecule has 7 nitrogen and oxygen atoms in total. The number of benzene rings is 3. The molecule has 0 spiro atoms. The molecule has 0 saturated carbocycles. The molecule has 0 aliphatic carbocycles.